The van der Waals surface area contributed by atoms with Crippen molar-refractivity contribution in [2.45, 2.75) is 64.2 Å². The lowest BCUT2D eigenvalue weighted by atomic mass is 10.0. The van der Waals surface area contributed by atoms with Gasteiger partial charge in [0.05, 0.1) is 6.61 Å². The fraction of sp³-hybridized carbons (Fsp3) is 0.400. The van der Waals surface area contributed by atoms with Crippen molar-refractivity contribution >= 4 is 23.5 Å². The van der Waals surface area contributed by atoms with Gasteiger partial charge in [0, 0.05) is 11.3 Å². The van der Waals surface area contributed by atoms with E-state index in [0.29, 0.717) is 16.8 Å². The summed E-state index contributed by atoms with van der Waals surface area (Å²) in [6.07, 6.45) is 5.41. The number of rotatable bonds is 14. The van der Waals surface area contributed by atoms with E-state index >= 15 is 0 Å². The van der Waals surface area contributed by atoms with E-state index in [9.17, 15) is 14.4 Å². The van der Waals surface area contributed by atoms with Crippen LogP contribution in [0.1, 0.15) is 60.5 Å². The third-order valence-corrected chi connectivity index (χ3v) is 5.25. The molecule has 0 bridgehead atoms. The van der Waals surface area contributed by atoms with Crippen molar-refractivity contribution in [1.29, 1.82) is 0 Å². The number of hydrogen-bond acceptors (Lipinski definition) is 5. The van der Waals surface area contributed by atoms with Crippen molar-refractivity contribution < 1.29 is 29.3 Å². The molecule has 0 radical (unpaired) electrons. The Morgan fingerprint density at radius 1 is 0.939 bits per heavy atom. The number of ether oxygens (including phenoxy) is 1. The molecule has 8 heteroatoms. The number of unbranched alkanes of at least 4 members (excludes halogenated alkanes) is 4. The Labute approximate surface area is 193 Å². The second-order valence-corrected chi connectivity index (χ2v) is 7.95. The molecular weight excluding hydrogens is 424 g/mol. The van der Waals surface area contributed by atoms with Gasteiger partial charge in [-0.15, -0.1) is 0 Å². The molecule has 0 aliphatic carbocycles. The van der Waals surface area contributed by atoms with Gasteiger partial charge in [-0.05, 0) is 48.2 Å². The highest BCUT2D eigenvalue weighted by Crippen LogP contribution is 2.16. The van der Waals surface area contributed by atoms with Gasteiger partial charge >= 0.3 is 11.9 Å². The SMILES string of the molecule is CCCCCCCc1ccc(C(=O)Nc2cccc(CO[C@H](C(=O)O)[C@H](N)C(=O)O)c2)cc1. The third-order valence-electron chi connectivity index (χ3n) is 5.25. The normalized spacial score (nSPS) is 12.7. The molecule has 2 atom stereocenters. The fourth-order valence-corrected chi connectivity index (χ4v) is 3.34. The first kappa shape index (κ1) is 26.0. The molecular formula is C25H32N2O6. The molecule has 0 aliphatic rings. The predicted octanol–water partition coefficient (Wildman–Crippen LogP) is 3.83. The van der Waals surface area contributed by atoms with Crippen molar-refractivity contribution in [2.75, 3.05) is 5.32 Å². The highest BCUT2D eigenvalue weighted by molar-refractivity contribution is 6.04. The molecule has 0 spiro atoms. The molecule has 1 amide bonds. The van der Waals surface area contributed by atoms with Crippen molar-refractivity contribution in [3.05, 3.63) is 65.2 Å². The predicted molar refractivity (Wildman–Crippen MR) is 125 cm³/mol. The molecule has 2 aromatic rings. The molecule has 2 aromatic carbocycles. The van der Waals surface area contributed by atoms with Crippen molar-refractivity contribution in [3.63, 3.8) is 0 Å². The number of carbonyl (C=O) groups is 3. The van der Waals surface area contributed by atoms with Gasteiger partial charge in [0.25, 0.3) is 5.91 Å². The lowest BCUT2D eigenvalue weighted by molar-refractivity contribution is -0.159. The van der Waals surface area contributed by atoms with Crippen LogP contribution in [-0.4, -0.2) is 40.2 Å². The fourth-order valence-electron chi connectivity index (χ4n) is 3.34. The molecule has 8 nitrogen and oxygen atoms in total. The van der Waals surface area contributed by atoms with E-state index in [1.165, 1.54) is 31.2 Å². The summed E-state index contributed by atoms with van der Waals surface area (Å²) >= 11 is 0. The first-order valence-electron chi connectivity index (χ1n) is 11.1. The number of nitrogens with two attached hydrogens (primary N) is 1. The third kappa shape index (κ3) is 8.67. The lowest BCUT2D eigenvalue weighted by Crippen LogP contribution is -2.47. The number of benzene rings is 2. The van der Waals surface area contributed by atoms with Crippen LogP contribution in [0.5, 0.6) is 0 Å². The summed E-state index contributed by atoms with van der Waals surface area (Å²) in [5, 5.41) is 20.9. The molecule has 2 rings (SSSR count). The summed E-state index contributed by atoms with van der Waals surface area (Å²) in [5.74, 6) is -3.19. The van der Waals surface area contributed by atoms with E-state index in [0.717, 1.165) is 12.8 Å². The minimum Gasteiger partial charge on any atom is -0.480 e. The van der Waals surface area contributed by atoms with Gasteiger partial charge in [0.2, 0.25) is 0 Å². The lowest BCUT2D eigenvalue weighted by Gasteiger charge is -2.17. The molecule has 0 aromatic heterocycles. The van der Waals surface area contributed by atoms with Gasteiger partial charge in [-0.1, -0.05) is 56.9 Å². The Kier molecular flexibility index (Phi) is 10.5. The Balaban J connectivity index is 1.91. The smallest absolute Gasteiger partial charge is 0.335 e. The molecule has 0 saturated carbocycles. The minimum absolute atomic E-state index is 0.172. The summed E-state index contributed by atoms with van der Waals surface area (Å²) < 4.78 is 5.21. The monoisotopic (exact) mass is 456 g/mol. The second-order valence-electron chi connectivity index (χ2n) is 7.95. The quantitative estimate of drug-likeness (QED) is 0.317. The first-order chi connectivity index (χ1) is 15.8. The molecule has 5 N–H and O–H groups in total. The maximum atomic E-state index is 12.6. The maximum Gasteiger partial charge on any atom is 0.335 e. The van der Waals surface area contributed by atoms with Gasteiger partial charge < -0.3 is 26.0 Å². The largest absolute Gasteiger partial charge is 0.480 e. The average Bonchev–Trinajstić information content (AvgIpc) is 2.79. The van der Waals surface area contributed by atoms with E-state index in [-0.39, 0.29) is 12.5 Å². The number of aliphatic carboxylic acids is 2. The van der Waals surface area contributed by atoms with E-state index < -0.39 is 24.1 Å². The van der Waals surface area contributed by atoms with E-state index in [4.69, 9.17) is 20.7 Å². The number of amides is 1. The first-order valence-corrected chi connectivity index (χ1v) is 11.1. The van der Waals surface area contributed by atoms with Crippen LogP contribution in [0.25, 0.3) is 0 Å². The summed E-state index contributed by atoms with van der Waals surface area (Å²) in [6.45, 7) is 2.02. The molecule has 0 fully saturated rings. The standard InChI is InChI=1S/C25H32N2O6/c1-2-3-4-5-6-8-17-11-13-19(14-12-17)23(28)27-20-10-7-9-18(15-20)16-33-22(25(31)32)21(26)24(29)30/h7,9-15,21-22H,2-6,8,16,26H2,1H3,(H,27,28)(H,29,30)(H,31,32)/t21-,22-/m0/s1. The van der Waals surface area contributed by atoms with Crippen LogP contribution in [0.4, 0.5) is 5.69 Å². The molecule has 0 heterocycles. The van der Waals surface area contributed by atoms with Gasteiger partial charge in [0.15, 0.2) is 6.10 Å². The zero-order chi connectivity index (χ0) is 24.2. The van der Waals surface area contributed by atoms with Crippen LogP contribution in [-0.2, 0) is 27.4 Å². The average molecular weight is 457 g/mol. The summed E-state index contributed by atoms with van der Waals surface area (Å²) in [4.78, 5) is 34.8. The molecule has 178 valence electrons. The number of aryl methyl sites for hydroxylation is 1. The second kappa shape index (κ2) is 13.3. The molecule has 33 heavy (non-hydrogen) atoms. The van der Waals surface area contributed by atoms with E-state index in [1.807, 2.05) is 12.1 Å². The highest BCUT2D eigenvalue weighted by Gasteiger charge is 2.31. The van der Waals surface area contributed by atoms with Crippen LogP contribution in [0.3, 0.4) is 0 Å². The van der Waals surface area contributed by atoms with Gasteiger partial charge in [-0.2, -0.15) is 0 Å². The van der Waals surface area contributed by atoms with Crippen LogP contribution < -0.4 is 11.1 Å². The number of hydrogen-bond donors (Lipinski definition) is 4. The topological polar surface area (TPSA) is 139 Å². The summed E-state index contributed by atoms with van der Waals surface area (Å²) in [7, 11) is 0. The molecule has 0 saturated heterocycles. The van der Waals surface area contributed by atoms with Crippen LogP contribution in [0.2, 0.25) is 0 Å². The number of carboxylic acids is 2. The van der Waals surface area contributed by atoms with Gasteiger partial charge in [-0.25, -0.2) is 4.79 Å². The van der Waals surface area contributed by atoms with Crippen LogP contribution in [0.15, 0.2) is 48.5 Å². The Hall–Kier alpha value is -3.23. The van der Waals surface area contributed by atoms with Gasteiger partial charge in [-0.3, -0.25) is 9.59 Å². The Morgan fingerprint density at radius 3 is 2.27 bits per heavy atom. The Morgan fingerprint density at radius 2 is 1.64 bits per heavy atom. The number of carbonyl (C=O) groups excluding carboxylic acids is 1. The van der Waals surface area contributed by atoms with Crippen molar-refractivity contribution in [2.24, 2.45) is 5.73 Å². The zero-order valence-corrected chi connectivity index (χ0v) is 18.8. The van der Waals surface area contributed by atoms with Gasteiger partial charge in [0.1, 0.15) is 6.04 Å². The van der Waals surface area contributed by atoms with Crippen molar-refractivity contribution in [3.8, 4) is 0 Å². The van der Waals surface area contributed by atoms with E-state index in [2.05, 4.69) is 12.2 Å². The Bertz CT molecular complexity index is 929. The van der Waals surface area contributed by atoms with Crippen LogP contribution >= 0.6 is 0 Å². The zero-order valence-electron chi connectivity index (χ0n) is 18.8. The highest BCUT2D eigenvalue weighted by atomic mass is 16.5. The van der Waals surface area contributed by atoms with Crippen LogP contribution in [0, 0.1) is 0 Å². The number of anilines is 1. The number of nitrogens with one attached hydrogen (secondary N) is 1. The molecule has 0 unspecified atom stereocenters. The summed E-state index contributed by atoms with van der Waals surface area (Å²) in [6, 6.07) is 12.5. The maximum absolute atomic E-state index is 12.6. The molecule has 0 aliphatic heterocycles. The number of carboxylic acid groups (broad SMARTS) is 2. The van der Waals surface area contributed by atoms with E-state index in [1.54, 1.807) is 36.4 Å². The minimum atomic E-state index is -1.69. The summed E-state index contributed by atoms with van der Waals surface area (Å²) in [5.41, 5.74) is 8.19. The van der Waals surface area contributed by atoms with Crippen molar-refractivity contribution in [1.82, 2.24) is 0 Å².